The van der Waals surface area contributed by atoms with E-state index in [1.165, 1.54) is 0 Å². The Morgan fingerprint density at radius 2 is 1.00 bits per heavy atom. The quantitative estimate of drug-likeness (QED) is 0.125. The van der Waals surface area contributed by atoms with Gasteiger partial charge in [0.25, 0.3) is 0 Å². The summed E-state index contributed by atoms with van der Waals surface area (Å²) in [5.41, 5.74) is 7.80. The zero-order valence-electron chi connectivity index (χ0n) is 25.4. The van der Waals surface area contributed by atoms with Gasteiger partial charge in [-0.05, 0) is 22.3 Å². The molecular weight excluding hydrogens is 564 g/mol. The highest BCUT2D eigenvalue weighted by Gasteiger charge is 2.48. The molecule has 5 rings (SSSR count). The van der Waals surface area contributed by atoms with Crippen LogP contribution in [0, 0.1) is 11.5 Å². The Kier molecular flexibility index (Phi) is 12.8. The standard InChI is InChI=1S/C38H42O5Si/c1-2-44-24-23-34-36(40-26-31-17-9-4-10-18-31)38(42-28-33-21-13-6-14-22-33)37(41-27-32-19-11-5-12-20-32)35(43-34)29-39-25-30-15-7-3-8-16-30/h3-22,34-38H,2,25-29,44H2,1H3/t34?,35-,36+,37-,38-/m1/s1. The molecule has 4 aromatic rings. The molecule has 1 heterocycles. The third kappa shape index (κ3) is 9.73. The van der Waals surface area contributed by atoms with E-state index >= 15 is 0 Å². The number of ether oxygens (including phenoxy) is 5. The van der Waals surface area contributed by atoms with Gasteiger partial charge in [-0.2, -0.15) is 0 Å². The monoisotopic (exact) mass is 606 g/mol. The van der Waals surface area contributed by atoms with Gasteiger partial charge in [-0.25, -0.2) is 0 Å². The van der Waals surface area contributed by atoms with Gasteiger partial charge in [0, 0.05) is 0 Å². The molecule has 4 aromatic carbocycles. The van der Waals surface area contributed by atoms with Crippen LogP contribution in [0.5, 0.6) is 0 Å². The molecule has 1 unspecified atom stereocenters. The molecule has 228 valence electrons. The Morgan fingerprint density at radius 3 is 1.48 bits per heavy atom. The third-order valence-electron chi connectivity index (χ3n) is 7.50. The van der Waals surface area contributed by atoms with Gasteiger partial charge in [-0.3, -0.25) is 0 Å². The molecule has 1 aliphatic rings. The van der Waals surface area contributed by atoms with Gasteiger partial charge in [0.15, 0.2) is 0 Å². The first-order chi connectivity index (χ1) is 21.8. The van der Waals surface area contributed by atoms with E-state index in [2.05, 4.69) is 66.9 Å². The van der Waals surface area contributed by atoms with E-state index in [4.69, 9.17) is 23.7 Å². The highest BCUT2D eigenvalue weighted by molar-refractivity contribution is 6.45. The van der Waals surface area contributed by atoms with E-state index < -0.39 is 40.0 Å². The second kappa shape index (κ2) is 17.7. The first-order valence-electron chi connectivity index (χ1n) is 15.5. The Hall–Kier alpha value is -3.54. The number of rotatable bonds is 14. The highest BCUT2D eigenvalue weighted by Crippen LogP contribution is 2.31. The van der Waals surface area contributed by atoms with Crippen molar-refractivity contribution in [1.82, 2.24) is 0 Å². The van der Waals surface area contributed by atoms with Gasteiger partial charge >= 0.3 is 0 Å². The van der Waals surface area contributed by atoms with Crippen LogP contribution in [-0.4, -0.2) is 46.6 Å². The fourth-order valence-corrected chi connectivity index (χ4v) is 5.80. The smallest absolute Gasteiger partial charge is 0.146 e. The lowest BCUT2D eigenvalue weighted by Gasteiger charge is -2.45. The Balaban J connectivity index is 1.44. The summed E-state index contributed by atoms with van der Waals surface area (Å²) in [5, 5.41) is 0. The lowest BCUT2D eigenvalue weighted by molar-refractivity contribution is -0.261. The molecule has 0 N–H and O–H groups in total. The second-order valence-corrected chi connectivity index (χ2v) is 12.8. The first kappa shape index (κ1) is 31.9. The topological polar surface area (TPSA) is 46.2 Å². The van der Waals surface area contributed by atoms with Crippen molar-refractivity contribution in [3.05, 3.63) is 144 Å². The maximum atomic E-state index is 6.76. The zero-order valence-corrected chi connectivity index (χ0v) is 26.8. The van der Waals surface area contributed by atoms with Crippen LogP contribution in [0.25, 0.3) is 0 Å². The van der Waals surface area contributed by atoms with Crippen LogP contribution in [-0.2, 0) is 50.1 Å². The van der Waals surface area contributed by atoms with Crippen molar-refractivity contribution in [2.75, 3.05) is 6.61 Å². The summed E-state index contributed by atoms with van der Waals surface area (Å²) in [4.78, 5) is 0. The van der Waals surface area contributed by atoms with E-state index in [0.29, 0.717) is 33.0 Å². The molecule has 0 aromatic heterocycles. The lowest BCUT2D eigenvalue weighted by atomic mass is 9.94. The van der Waals surface area contributed by atoms with Gasteiger partial charge in [0.2, 0.25) is 0 Å². The van der Waals surface area contributed by atoms with E-state index in [1.54, 1.807) is 0 Å². The van der Waals surface area contributed by atoms with Crippen molar-refractivity contribution < 1.29 is 23.7 Å². The van der Waals surface area contributed by atoms with E-state index in [-0.39, 0.29) is 0 Å². The van der Waals surface area contributed by atoms with Crippen molar-refractivity contribution in [2.45, 2.75) is 69.9 Å². The molecule has 5 nitrogen and oxygen atoms in total. The van der Waals surface area contributed by atoms with Gasteiger partial charge in [0.1, 0.15) is 40.0 Å². The fourth-order valence-electron chi connectivity index (χ4n) is 5.20. The summed E-state index contributed by atoms with van der Waals surface area (Å²) in [7, 11) is -0.506. The molecule has 0 spiro atoms. The number of hydrogen-bond donors (Lipinski definition) is 0. The van der Waals surface area contributed by atoms with E-state index in [9.17, 15) is 0 Å². The molecule has 0 bridgehead atoms. The van der Waals surface area contributed by atoms with Gasteiger partial charge in [-0.15, -0.1) is 5.54 Å². The van der Waals surface area contributed by atoms with Crippen LogP contribution in [0.3, 0.4) is 0 Å². The van der Waals surface area contributed by atoms with Crippen molar-refractivity contribution in [3.8, 4) is 11.5 Å². The Morgan fingerprint density at radius 1 is 0.568 bits per heavy atom. The van der Waals surface area contributed by atoms with Crippen LogP contribution in [0.1, 0.15) is 29.2 Å². The molecule has 44 heavy (non-hydrogen) atoms. The number of hydrogen-bond acceptors (Lipinski definition) is 5. The van der Waals surface area contributed by atoms with Gasteiger partial charge < -0.3 is 23.7 Å². The summed E-state index contributed by atoms with van der Waals surface area (Å²) in [6.07, 6.45) is -2.22. The number of benzene rings is 4. The van der Waals surface area contributed by atoms with Crippen LogP contribution in [0.2, 0.25) is 6.04 Å². The summed E-state index contributed by atoms with van der Waals surface area (Å²) in [5.74, 6) is 3.44. The van der Waals surface area contributed by atoms with Crippen LogP contribution in [0.15, 0.2) is 121 Å². The SMILES string of the molecule is CC[SiH2]C#CC1O[C@H](COCc2ccccc2)[C@@H](OCc2ccccc2)[C@H](OCc2ccccc2)[C@H]1OCc1ccccc1. The molecular formula is C38H42O5Si. The summed E-state index contributed by atoms with van der Waals surface area (Å²) < 4.78 is 33.1. The molecule has 0 amide bonds. The first-order valence-corrected chi connectivity index (χ1v) is 17.2. The molecule has 1 saturated heterocycles. The predicted molar refractivity (Wildman–Crippen MR) is 177 cm³/mol. The molecule has 1 aliphatic heterocycles. The van der Waals surface area contributed by atoms with Crippen molar-refractivity contribution in [2.24, 2.45) is 0 Å². The normalized spacial score (nSPS) is 21.6. The average molecular weight is 607 g/mol. The third-order valence-corrected chi connectivity index (χ3v) is 8.46. The molecule has 0 radical (unpaired) electrons. The molecule has 5 atom stereocenters. The van der Waals surface area contributed by atoms with Crippen LogP contribution in [0.4, 0.5) is 0 Å². The largest absolute Gasteiger partial charge is 0.374 e. The minimum absolute atomic E-state index is 0.342. The summed E-state index contributed by atoms with van der Waals surface area (Å²) in [6.45, 7) is 4.27. The Bertz CT molecular complexity index is 1410. The fraction of sp³-hybridized carbons (Fsp3) is 0.316. The van der Waals surface area contributed by atoms with E-state index in [0.717, 1.165) is 28.3 Å². The van der Waals surface area contributed by atoms with Gasteiger partial charge in [-0.1, -0.05) is 140 Å². The zero-order chi connectivity index (χ0) is 30.2. The predicted octanol–water partition coefficient (Wildman–Crippen LogP) is 6.29. The van der Waals surface area contributed by atoms with Crippen molar-refractivity contribution >= 4 is 9.52 Å². The highest BCUT2D eigenvalue weighted by atomic mass is 28.2. The van der Waals surface area contributed by atoms with Crippen LogP contribution >= 0.6 is 0 Å². The minimum Gasteiger partial charge on any atom is -0.374 e. The van der Waals surface area contributed by atoms with Crippen LogP contribution < -0.4 is 0 Å². The molecule has 0 aliphatic carbocycles. The maximum Gasteiger partial charge on any atom is 0.146 e. The Labute approximate surface area is 264 Å². The average Bonchev–Trinajstić information content (AvgIpc) is 3.08. The second-order valence-electron chi connectivity index (χ2n) is 11.0. The van der Waals surface area contributed by atoms with E-state index in [1.807, 2.05) is 72.8 Å². The summed E-state index contributed by atoms with van der Waals surface area (Å²) in [6, 6.07) is 41.9. The maximum absolute atomic E-state index is 6.76. The molecule has 0 saturated carbocycles. The molecule has 6 heteroatoms. The van der Waals surface area contributed by atoms with Crippen molar-refractivity contribution in [3.63, 3.8) is 0 Å². The van der Waals surface area contributed by atoms with Gasteiger partial charge in [0.05, 0.1) is 33.0 Å². The van der Waals surface area contributed by atoms with Crippen molar-refractivity contribution in [1.29, 1.82) is 0 Å². The summed E-state index contributed by atoms with van der Waals surface area (Å²) >= 11 is 0. The lowest BCUT2D eigenvalue weighted by Crippen LogP contribution is -2.60. The minimum atomic E-state index is -0.506. The molecule has 1 fully saturated rings.